The van der Waals surface area contributed by atoms with Gasteiger partial charge in [-0.3, -0.25) is 5.43 Å². The molecular formula is C8H18N4O. The first-order valence-corrected chi connectivity index (χ1v) is 4.63. The van der Waals surface area contributed by atoms with Crippen LogP contribution in [-0.4, -0.2) is 44.2 Å². The summed E-state index contributed by atoms with van der Waals surface area (Å²) < 4.78 is 4.91. The number of nitrogens with two attached hydrogens (primary N) is 1. The van der Waals surface area contributed by atoms with Gasteiger partial charge in [-0.05, 0) is 12.8 Å². The summed E-state index contributed by atoms with van der Waals surface area (Å²) in [6, 6.07) is 0. The molecule has 1 rings (SSSR count). The summed E-state index contributed by atoms with van der Waals surface area (Å²) in [4.78, 5) is 6.46. The van der Waals surface area contributed by atoms with E-state index in [2.05, 4.69) is 15.3 Å². The number of methoxy groups -OCH3 is 1. The summed E-state index contributed by atoms with van der Waals surface area (Å²) in [5.74, 6) is 6.16. The standard InChI is InChI=1S/C8H18N4O/c1-13-7-4-10-8(11-9)12-5-2-3-6-12/h2-7,9H2,1H3,(H,10,11). The van der Waals surface area contributed by atoms with E-state index in [1.807, 2.05) is 0 Å². The van der Waals surface area contributed by atoms with Crippen LogP contribution >= 0.6 is 0 Å². The molecule has 0 radical (unpaired) electrons. The predicted molar refractivity (Wildman–Crippen MR) is 52.3 cm³/mol. The van der Waals surface area contributed by atoms with Crippen molar-refractivity contribution >= 4 is 5.96 Å². The summed E-state index contributed by atoms with van der Waals surface area (Å²) in [6.45, 7) is 3.40. The molecule has 13 heavy (non-hydrogen) atoms. The molecule has 0 aliphatic carbocycles. The van der Waals surface area contributed by atoms with Gasteiger partial charge < -0.3 is 9.64 Å². The van der Waals surface area contributed by atoms with Gasteiger partial charge in [-0.1, -0.05) is 0 Å². The molecule has 1 saturated heterocycles. The fraction of sp³-hybridized carbons (Fsp3) is 0.875. The highest BCUT2D eigenvalue weighted by Gasteiger charge is 2.14. The molecular weight excluding hydrogens is 168 g/mol. The number of hydrogen-bond acceptors (Lipinski definition) is 3. The third kappa shape index (κ3) is 3.20. The quantitative estimate of drug-likeness (QED) is 0.206. The number of aliphatic imine (C=N–C) groups is 1. The van der Waals surface area contributed by atoms with Crippen molar-refractivity contribution in [2.75, 3.05) is 33.4 Å². The number of ether oxygens (including phenoxy) is 1. The zero-order valence-corrected chi connectivity index (χ0v) is 8.12. The third-order valence-electron chi connectivity index (χ3n) is 2.09. The van der Waals surface area contributed by atoms with E-state index in [0.717, 1.165) is 19.0 Å². The number of likely N-dealkylation sites (tertiary alicyclic amines) is 1. The van der Waals surface area contributed by atoms with Crippen molar-refractivity contribution in [2.45, 2.75) is 12.8 Å². The minimum absolute atomic E-state index is 0.638. The van der Waals surface area contributed by atoms with E-state index < -0.39 is 0 Å². The van der Waals surface area contributed by atoms with Crippen molar-refractivity contribution in [1.82, 2.24) is 10.3 Å². The molecule has 76 valence electrons. The Balaban J connectivity index is 2.35. The van der Waals surface area contributed by atoms with Crippen molar-refractivity contribution in [3.8, 4) is 0 Å². The fourth-order valence-electron chi connectivity index (χ4n) is 1.41. The van der Waals surface area contributed by atoms with Crippen molar-refractivity contribution in [3.05, 3.63) is 0 Å². The van der Waals surface area contributed by atoms with Gasteiger partial charge in [-0.15, -0.1) is 0 Å². The average Bonchev–Trinajstić information content (AvgIpc) is 2.65. The molecule has 0 amide bonds. The maximum atomic E-state index is 5.37. The highest BCUT2D eigenvalue weighted by Crippen LogP contribution is 2.06. The molecule has 1 heterocycles. The van der Waals surface area contributed by atoms with Gasteiger partial charge in [-0.25, -0.2) is 10.8 Å². The first kappa shape index (κ1) is 10.3. The molecule has 1 fully saturated rings. The van der Waals surface area contributed by atoms with E-state index in [9.17, 15) is 0 Å². The van der Waals surface area contributed by atoms with Crippen LogP contribution in [0.4, 0.5) is 0 Å². The summed E-state index contributed by atoms with van der Waals surface area (Å²) in [6.07, 6.45) is 2.45. The number of rotatable bonds is 3. The van der Waals surface area contributed by atoms with Gasteiger partial charge in [0, 0.05) is 20.2 Å². The monoisotopic (exact) mass is 186 g/mol. The van der Waals surface area contributed by atoms with Gasteiger partial charge in [-0.2, -0.15) is 0 Å². The third-order valence-corrected chi connectivity index (χ3v) is 2.09. The number of hydrazine groups is 1. The Morgan fingerprint density at radius 1 is 1.54 bits per heavy atom. The van der Waals surface area contributed by atoms with Crippen LogP contribution in [0.5, 0.6) is 0 Å². The van der Waals surface area contributed by atoms with Crippen LogP contribution < -0.4 is 11.3 Å². The normalized spacial score (nSPS) is 18.0. The molecule has 0 aromatic heterocycles. The van der Waals surface area contributed by atoms with E-state index in [0.29, 0.717) is 13.2 Å². The van der Waals surface area contributed by atoms with Gasteiger partial charge in [0.1, 0.15) is 0 Å². The SMILES string of the molecule is COCCN=C(NN)N1CCCC1. The van der Waals surface area contributed by atoms with E-state index in [1.54, 1.807) is 7.11 Å². The van der Waals surface area contributed by atoms with E-state index >= 15 is 0 Å². The Morgan fingerprint density at radius 3 is 2.77 bits per heavy atom. The smallest absolute Gasteiger partial charge is 0.208 e. The second-order valence-electron chi connectivity index (χ2n) is 3.04. The second kappa shape index (κ2) is 5.77. The Hall–Kier alpha value is -0.810. The maximum Gasteiger partial charge on any atom is 0.208 e. The molecule has 3 N–H and O–H groups in total. The minimum atomic E-state index is 0.638. The van der Waals surface area contributed by atoms with Gasteiger partial charge in [0.05, 0.1) is 13.2 Å². The molecule has 0 bridgehead atoms. The molecule has 0 unspecified atom stereocenters. The summed E-state index contributed by atoms with van der Waals surface area (Å²) in [7, 11) is 1.67. The van der Waals surface area contributed by atoms with Crippen LogP contribution in [-0.2, 0) is 4.74 Å². The lowest BCUT2D eigenvalue weighted by Crippen LogP contribution is -2.43. The van der Waals surface area contributed by atoms with Gasteiger partial charge in [0.2, 0.25) is 5.96 Å². The van der Waals surface area contributed by atoms with Crippen molar-refractivity contribution in [2.24, 2.45) is 10.8 Å². The van der Waals surface area contributed by atoms with Crippen molar-refractivity contribution < 1.29 is 4.74 Å². The average molecular weight is 186 g/mol. The van der Waals surface area contributed by atoms with Crippen LogP contribution in [0.2, 0.25) is 0 Å². The fourth-order valence-corrected chi connectivity index (χ4v) is 1.41. The van der Waals surface area contributed by atoms with Crippen molar-refractivity contribution in [3.63, 3.8) is 0 Å². The lowest BCUT2D eigenvalue weighted by atomic mass is 10.4. The highest BCUT2D eigenvalue weighted by molar-refractivity contribution is 5.79. The van der Waals surface area contributed by atoms with Gasteiger partial charge in [0.15, 0.2) is 0 Å². The molecule has 0 spiro atoms. The molecule has 5 nitrogen and oxygen atoms in total. The number of hydrogen-bond donors (Lipinski definition) is 2. The number of guanidine groups is 1. The Kier molecular flexibility index (Phi) is 4.56. The molecule has 1 aliphatic heterocycles. The number of nitrogens with zero attached hydrogens (tertiary/aromatic N) is 2. The molecule has 0 aromatic rings. The lowest BCUT2D eigenvalue weighted by molar-refractivity contribution is 0.207. The first-order valence-electron chi connectivity index (χ1n) is 4.63. The van der Waals surface area contributed by atoms with E-state index in [-0.39, 0.29) is 0 Å². The van der Waals surface area contributed by atoms with Crippen LogP contribution in [0.15, 0.2) is 4.99 Å². The van der Waals surface area contributed by atoms with Crippen LogP contribution in [0.3, 0.4) is 0 Å². The molecule has 0 atom stereocenters. The Labute approximate surface area is 78.9 Å². The zero-order chi connectivity index (χ0) is 9.52. The summed E-state index contributed by atoms with van der Waals surface area (Å²) >= 11 is 0. The number of nitrogens with one attached hydrogen (secondary N) is 1. The first-order chi connectivity index (χ1) is 6.38. The summed E-state index contributed by atoms with van der Waals surface area (Å²) in [5, 5.41) is 0. The Bertz CT molecular complexity index is 166. The minimum Gasteiger partial charge on any atom is -0.383 e. The van der Waals surface area contributed by atoms with Crippen LogP contribution in [0.1, 0.15) is 12.8 Å². The molecule has 0 aromatic carbocycles. The maximum absolute atomic E-state index is 5.37. The summed E-state index contributed by atoms with van der Waals surface area (Å²) in [5.41, 5.74) is 2.62. The largest absolute Gasteiger partial charge is 0.383 e. The lowest BCUT2D eigenvalue weighted by Gasteiger charge is -2.18. The zero-order valence-electron chi connectivity index (χ0n) is 8.12. The van der Waals surface area contributed by atoms with Gasteiger partial charge >= 0.3 is 0 Å². The second-order valence-corrected chi connectivity index (χ2v) is 3.04. The van der Waals surface area contributed by atoms with Gasteiger partial charge in [0.25, 0.3) is 0 Å². The Morgan fingerprint density at radius 2 is 2.23 bits per heavy atom. The van der Waals surface area contributed by atoms with E-state index in [4.69, 9.17) is 10.6 Å². The molecule has 5 heteroatoms. The van der Waals surface area contributed by atoms with Crippen LogP contribution in [0.25, 0.3) is 0 Å². The predicted octanol–water partition coefficient (Wildman–Crippen LogP) is -0.452. The highest BCUT2D eigenvalue weighted by atomic mass is 16.5. The van der Waals surface area contributed by atoms with Crippen molar-refractivity contribution in [1.29, 1.82) is 0 Å². The molecule has 1 aliphatic rings. The van der Waals surface area contributed by atoms with E-state index in [1.165, 1.54) is 12.8 Å². The topological polar surface area (TPSA) is 62.9 Å². The van der Waals surface area contributed by atoms with Crippen LogP contribution in [0, 0.1) is 0 Å². The molecule has 0 saturated carbocycles.